The molecule has 102 valence electrons. The molecular weight excluding hydrogens is 308 g/mol. The normalized spacial score (nSPS) is 12.4. The molecule has 1 aromatic heterocycles. The summed E-state index contributed by atoms with van der Waals surface area (Å²) in [5.74, 6) is 2.38. The van der Waals surface area contributed by atoms with E-state index in [0.717, 1.165) is 21.5 Å². The molecule has 0 aliphatic carbocycles. The number of aromatic nitrogens is 1. The maximum absolute atomic E-state index is 5.50. The van der Waals surface area contributed by atoms with E-state index < -0.39 is 0 Å². The SMILES string of the molecule is COc1ccc(Br)c(CNC(C)c2ncc(C)o2)c1. The van der Waals surface area contributed by atoms with E-state index >= 15 is 0 Å². The molecule has 1 unspecified atom stereocenters. The zero-order valence-electron chi connectivity index (χ0n) is 11.2. The highest BCUT2D eigenvalue weighted by Crippen LogP contribution is 2.23. The molecule has 2 rings (SSSR count). The van der Waals surface area contributed by atoms with Crippen LogP contribution < -0.4 is 10.1 Å². The Labute approximate surface area is 121 Å². The molecule has 19 heavy (non-hydrogen) atoms. The number of nitrogens with one attached hydrogen (secondary N) is 1. The average Bonchev–Trinajstić information content (AvgIpc) is 2.84. The molecule has 0 amide bonds. The van der Waals surface area contributed by atoms with Gasteiger partial charge in [-0.25, -0.2) is 4.98 Å². The molecule has 0 aliphatic rings. The summed E-state index contributed by atoms with van der Waals surface area (Å²) in [6, 6.07) is 5.97. The molecule has 1 heterocycles. The molecule has 0 saturated heterocycles. The van der Waals surface area contributed by atoms with E-state index in [1.165, 1.54) is 0 Å². The minimum absolute atomic E-state index is 0.0619. The molecule has 0 fully saturated rings. The topological polar surface area (TPSA) is 47.3 Å². The van der Waals surface area contributed by atoms with Crippen LogP contribution in [-0.4, -0.2) is 12.1 Å². The van der Waals surface area contributed by atoms with Crippen LogP contribution in [0.5, 0.6) is 5.75 Å². The zero-order chi connectivity index (χ0) is 13.8. The molecule has 0 radical (unpaired) electrons. The van der Waals surface area contributed by atoms with Crippen LogP contribution in [0.4, 0.5) is 0 Å². The van der Waals surface area contributed by atoms with Crippen molar-refractivity contribution in [3.8, 4) is 5.75 Å². The second-order valence-corrected chi connectivity index (χ2v) is 5.22. The third kappa shape index (κ3) is 3.58. The quantitative estimate of drug-likeness (QED) is 0.912. The van der Waals surface area contributed by atoms with Crippen LogP contribution in [-0.2, 0) is 6.54 Å². The van der Waals surface area contributed by atoms with Crippen LogP contribution in [0.25, 0.3) is 0 Å². The summed E-state index contributed by atoms with van der Waals surface area (Å²) in [5.41, 5.74) is 1.13. The van der Waals surface area contributed by atoms with Crippen molar-refractivity contribution in [2.45, 2.75) is 26.4 Å². The Morgan fingerprint density at radius 3 is 2.89 bits per heavy atom. The van der Waals surface area contributed by atoms with Crippen molar-refractivity contribution in [1.29, 1.82) is 0 Å². The van der Waals surface area contributed by atoms with Crippen molar-refractivity contribution in [3.63, 3.8) is 0 Å². The van der Waals surface area contributed by atoms with Gasteiger partial charge in [0.05, 0.1) is 19.3 Å². The summed E-state index contributed by atoms with van der Waals surface area (Å²) < 4.78 is 11.8. The van der Waals surface area contributed by atoms with E-state index in [-0.39, 0.29) is 6.04 Å². The van der Waals surface area contributed by atoms with Gasteiger partial charge in [0.2, 0.25) is 5.89 Å². The number of aryl methyl sites for hydroxylation is 1. The minimum atomic E-state index is 0.0619. The lowest BCUT2D eigenvalue weighted by molar-refractivity contribution is 0.400. The molecular formula is C14H17BrN2O2. The third-order valence-electron chi connectivity index (χ3n) is 2.86. The van der Waals surface area contributed by atoms with Gasteiger partial charge in [-0.2, -0.15) is 0 Å². The predicted molar refractivity (Wildman–Crippen MR) is 77.2 cm³/mol. The van der Waals surface area contributed by atoms with E-state index in [2.05, 4.69) is 26.2 Å². The first kappa shape index (κ1) is 14.1. The van der Waals surface area contributed by atoms with Crippen LogP contribution >= 0.6 is 15.9 Å². The lowest BCUT2D eigenvalue weighted by atomic mass is 10.2. The van der Waals surface area contributed by atoms with Crippen molar-refractivity contribution in [2.75, 3.05) is 7.11 Å². The number of ether oxygens (including phenoxy) is 1. The van der Waals surface area contributed by atoms with E-state index in [0.29, 0.717) is 12.4 Å². The van der Waals surface area contributed by atoms with Gasteiger partial charge in [0.25, 0.3) is 0 Å². The van der Waals surface area contributed by atoms with Crippen LogP contribution in [0, 0.1) is 6.92 Å². The maximum Gasteiger partial charge on any atom is 0.211 e. The highest BCUT2D eigenvalue weighted by atomic mass is 79.9. The Kier molecular flexibility index (Phi) is 4.61. The van der Waals surface area contributed by atoms with E-state index in [1.54, 1.807) is 13.3 Å². The van der Waals surface area contributed by atoms with Crippen molar-refractivity contribution in [2.24, 2.45) is 0 Å². The predicted octanol–water partition coefficient (Wildman–Crippen LogP) is 3.60. The average molecular weight is 325 g/mol. The van der Waals surface area contributed by atoms with E-state index in [9.17, 15) is 0 Å². The molecule has 0 aliphatic heterocycles. The Hall–Kier alpha value is -1.33. The minimum Gasteiger partial charge on any atom is -0.497 e. The molecule has 1 N–H and O–H groups in total. The van der Waals surface area contributed by atoms with Gasteiger partial charge in [-0.15, -0.1) is 0 Å². The Morgan fingerprint density at radius 2 is 2.26 bits per heavy atom. The zero-order valence-corrected chi connectivity index (χ0v) is 12.8. The number of nitrogens with zero attached hydrogens (tertiary/aromatic N) is 1. The van der Waals surface area contributed by atoms with Crippen molar-refractivity contribution in [1.82, 2.24) is 10.3 Å². The summed E-state index contributed by atoms with van der Waals surface area (Å²) in [5, 5.41) is 3.38. The fourth-order valence-corrected chi connectivity index (χ4v) is 2.12. The molecule has 0 bridgehead atoms. The molecule has 4 nitrogen and oxygen atoms in total. The first-order valence-electron chi connectivity index (χ1n) is 6.08. The smallest absolute Gasteiger partial charge is 0.211 e. The molecule has 5 heteroatoms. The monoisotopic (exact) mass is 324 g/mol. The van der Waals surface area contributed by atoms with E-state index in [1.807, 2.05) is 32.0 Å². The van der Waals surface area contributed by atoms with Gasteiger partial charge in [0.15, 0.2) is 0 Å². The van der Waals surface area contributed by atoms with Gasteiger partial charge in [-0.1, -0.05) is 15.9 Å². The largest absolute Gasteiger partial charge is 0.497 e. The first-order valence-corrected chi connectivity index (χ1v) is 6.87. The first-order chi connectivity index (χ1) is 9.10. The highest BCUT2D eigenvalue weighted by molar-refractivity contribution is 9.10. The van der Waals surface area contributed by atoms with Crippen LogP contribution in [0.2, 0.25) is 0 Å². The van der Waals surface area contributed by atoms with Gasteiger partial charge in [-0.05, 0) is 37.6 Å². The van der Waals surface area contributed by atoms with Crippen molar-refractivity contribution < 1.29 is 9.15 Å². The molecule has 2 aromatic rings. The van der Waals surface area contributed by atoms with Crippen LogP contribution in [0.3, 0.4) is 0 Å². The molecule has 1 aromatic carbocycles. The number of rotatable bonds is 5. The number of oxazole rings is 1. The number of benzene rings is 1. The summed E-state index contributed by atoms with van der Waals surface area (Å²) >= 11 is 3.54. The maximum atomic E-state index is 5.50. The summed E-state index contributed by atoms with van der Waals surface area (Å²) in [6.07, 6.45) is 1.73. The molecule has 0 saturated carbocycles. The fourth-order valence-electron chi connectivity index (χ4n) is 1.74. The van der Waals surface area contributed by atoms with Crippen molar-refractivity contribution in [3.05, 3.63) is 46.1 Å². The number of hydrogen-bond acceptors (Lipinski definition) is 4. The van der Waals surface area contributed by atoms with Crippen LogP contribution in [0.15, 0.2) is 33.3 Å². The van der Waals surface area contributed by atoms with Gasteiger partial charge in [-0.3, -0.25) is 0 Å². The lowest BCUT2D eigenvalue weighted by Gasteiger charge is -2.12. The Bertz CT molecular complexity index is 554. The second kappa shape index (κ2) is 6.21. The van der Waals surface area contributed by atoms with E-state index in [4.69, 9.17) is 9.15 Å². The van der Waals surface area contributed by atoms with Crippen LogP contribution in [0.1, 0.15) is 30.2 Å². The number of hydrogen-bond donors (Lipinski definition) is 1. The number of halogens is 1. The highest BCUT2D eigenvalue weighted by Gasteiger charge is 2.11. The lowest BCUT2D eigenvalue weighted by Crippen LogP contribution is -2.18. The van der Waals surface area contributed by atoms with Gasteiger partial charge in [0.1, 0.15) is 11.5 Å². The Balaban J connectivity index is 2.02. The summed E-state index contributed by atoms with van der Waals surface area (Å²) in [7, 11) is 1.67. The summed E-state index contributed by atoms with van der Waals surface area (Å²) in [4.78, 5) is 4.22. The van der Waals surface area contributed by atoms with Gasteiger partial charge in [0, 0.05) is 11.0 Å². The second-order valence-electron chi connectivity index (χ2n) is 4.37. The molecule has 0 spiro atoms. The fraction of sp³-hybridized carbons (Fsp3) is 0.357. The third-order valence-corrected chi connectivity index (χ3v) is 3.63. The van der Waals surface area contributed by atoms with Gasteiger partial charge < -0.3 is 14.5 Å². The molecule has 1 atom stereocenters. The Morgan fingerprint density at radius 1 is 1.47 bits per heavy atom. The van der Waals surface area contributed by atoms with Gasteiger partial charge >= 0.3 is 0 Å². The standard InChI is InChI=1S/C14H17BrN2O2/c1-9-7-17-14(19-9)10(2)16-8-11-6-12(18-3)4-5-13(11)15/h4-7,10,16H,8H2,1-3H3. The summed E-state index contributed by atoms with van der Waals surface area (Å²) in [6.45, 7) is 4.63. The number of methoxy groups -OCH3 is 1. The van der Waals surface area contributed by atoms with Crippen molar-refractivity contribution >= 4 is 15.9 Å².